The van der Waals surface area contributed by atoms with E-state index in [1.807, 2.05) is 13.8 Å². The SMILES string of the molecule is C=C(C)N=NN.CC.[HH]. The van der Waals surface area contributed by atoms with Crippen molar-refractivity contribution in [1.29, 1.82) is 0 Å². The van der Waals surface area contributed by atoms with Crippen LogP contribution in [0.1, 0.15) is 22.2 Å². The standard InChI is InChI=1S/C3H7N3.C2H6.H2/c1-3(2)5-6-4;1-2;/h1H2,2H3,(H2,4,5);1-2H3;1H. The van der Waals surface area contributed by atoms with Crippen LogP contribution in [-0.4, -0.2) is 0 Å². The molecule has 3 heteroatoms. The molecule has 0 saturated heterocycles. The van der Waals surface area contributed by atoms with E-state index in [1.54, 1.807) is 6.92 Å². The fraction of sp³-hybridized carbons (Fsp3) is 0.600. The lowest BCUT2D eigenvalue weighted by molar-refractivity contribution is 1.01. The Labute approximate surface area is 51.8 Å². The minimum atomic E-state index is 0. The summed E-state index contributed by atoms with van der Waals surface area (Å²) < 4.78 is 0. The molecule has 0 saturated carbocycles. The molecule has 0 heterocycles. The van der Waals surface area contributed by atoms with E-state index < -0.39 is 0 Å². The van der Waals surface area contributed by atoms with Crippen molar-refractivity contribution in [2.45, 2.75) is 20.8 Å². The van der Waals surface area contributed by atoms with Gasteiger partial charge in [-0.1, -0.05) is 25.6 Å². The number of hydrogen-bond donors (Lipinski definition) is 1. The topological polar surface area (TPSA) is 50.7 Å². The fourth-order valence-electron chi connectivity index (χ4n) is 0.0986. The van der Waals surface area contributed by atoms with E-state index in [4.69, 9.17) is 0 Å². The summed E-state index contributed by atoms with van der Waals surface area (Å²) in [5.41, 5.74) is 0.623. The maximum absolute atomic E-state index is 4.63. The van der Waals surface area contributed by atoms with E-state index in [0.29, 0.717) is 5.70 Å². The van der Waals surface area contributed by atoms with Crippen molar-refractivity contribution in [3.05, 3.63) is 12.3 Å². The van der Waals surface area contributed by atoms with E-state index in [0.717, 1.165) is 0 Å². The summed E-state index contributed by atoms with van der Waals surface area (Å²) >= 11 is 0. The first-order valence-electron chi connectivity index (χ1n) is 2.54. The van der Waals surface area contributed by atoms with Crippen LogP contribution in [0.4, 0.5) is 0 Å². The molecular weight excluding hydrogens is 102 g/mol. The molecule has 0 amide bonds. The quantitative estimate of drug-likeness (QED) is 0.319. The number of rotatable bonds is 1. The highest BCUT2D eigenvalue weighted by Crippen LogP contribution is 1.84. The van der Waals surface area contributed by atoms with Crippen LogP contribution in [0.25, 0.3) is 0 Å². The van der Waals surface area contributed by atoms with Crippen molar-refractivity contribution in [2.24, 2.45) is 16.2 Å². The predicted octanol–water partition coefficient (Wildman–Crippen LogP) is 2.12. The van der Waals surface area contributed by atoms with E-state index >= 15 is 0 Å². The van der Waals surface area contributed by atoms with Crippen LogP contribution in [0.15, 0.2) is 22.6 Å². The maximum atomic E-state index is 4.63. The molecule has 0 unspecified atom stereocenters. The molecule has 0 spiro atoms. The van der Waals surface area contributed by atoms with Gasteiger partial charge in [0.2, 0.25) is 0 Å². The highest BCUT2D eigenvalue weighted by Gasteiger charge is 1.66. The summed E-state index contributed by atoms with van der Waals surface area (Å²) in [7, 11) is 0. The minimum absolute atomic E-state index is 0. The van der Waals surface area contributed by atoms with Crippen LogP contribution >= 0.6 is 0 Å². The summed E-state index contributed by atoms with van der Waals surface area (Å²) in [4.78, 5) is 0. The van der Waals surface area contributed by atoms with Gasteiger partial charge in [-0.3, -0.25) is 0 Å². The lowest BCUT2D eigenvalue weighted by Gasteiger charge is -1.74. The van der Waals surface area contributed by atoms with E-state index in [1.165, 1.54) is 0 Å². The van der Waals surface area contributed by atoms with Gasteiger partial charge in [0.05, 0.1) is 5.70 Å². The molecule has 2 N–H and O–H groups in total. The van der Waals surface area contributed by atoms with Crippen LogP contribution in [-0.2, 0) is 0 Å². The van der Waals surface area contributed by atoms with E-state index in [-0.39, 0.29) is 1.43 Å². The van der Waals surface area contributed by atoms with Crippen LogP contribution in [0, 0.1) is 0 Å². The molecule has 3 nitrogen and oxygen atoms in total. The second kappa shape index (κ2) is 9.46. The molecule has 0 bridgehead atoms. The third kappa shape index (κ3) is 19.2. The summed E-state index contributed by atoms with van der Waals surface area (Å²) in [5, 5.41) is 6.29. The zero-order chi connectivity index (χ0) is 6.99. The van der Waals surface area contributed by atoms with Crippen molar-refractivity contribution in [3.8, 4) is 0 Å². The maximum Gasteiger partial charge on any atom is 0.0545 e. The van der Waals surface area contributed by atoms with Gasteiger partial charge in [-0.25, -0.2) is 0 Å². The van der Waals surface area contributed by atoms with Crippen molar-refractivity contribution >= 4 is 0 Å². The van der Waals surface area contributed by atoms with Crippen LogP contribution in [0.2, 0.25) is 0 Å². The number of nitrogens with two attached hydrogens (primary N) is 1. The molecule has 0 aliphatic rings. The third-order valence-corrected chi connectivity index (χ3v) is 0.228. The highest BCUT2D eigenvalue weighted by molar-refractivity contribution is 4.81. The van der Waals surface area contributed by atoms with Gasteiger partial charge in [0.1, 0.15) is 0 Å². The Kier molecular flexibility index (Phi) is 12.1. The van der Waals surface area contributed by atoms with Gasteiger partial charge in [-0.2, -0.15) is 0 Å². The van der Waals surface area contributed by atoms with Crippen LogP contribution < -0.4 is 5.84 Å². The van der Waals surface area contributed by atoms with Gasteiger partial charge in [0.25, 0.3) is 0 Å². The van der Waals surface area contributed by atoms with Gasteiger partial charge in [-0.15, -0.1) is 5.11 Å². The van der Waals surface area contributed by atoms with Crippen molar-refractivity contribution < 1.29 is 1.43 Å². The Balaban J connectivity index is -0.000000109. The molecular formula is C5H15N3. The number of allylic oxidation sites excluding steroid dienone is 1. The van der Waals surface area contributed by atoms with E-state index in [2.05, 4.69) is 22.8 Å². The normalized spacial score (nSPS) is 7.88. The molecule has 0 atom stereocenters. The first-order valence-corrected chi connectivity index (χ1v) is 2.54. The van der Waals surface area contributed by atoms with Crippen molar-refractivity contribution in [3.63, 3.8) is 0 Å². The Morgan fingerprint density at radius 2 is 2.00 bits per heavy atom. The largest absolute Gasteiger partial charge is 0.305 e. The Morgan fingerprint density at radius 1 is 1.62 bits per heavy atom. The highest BCUT2D eigenvalue weighted by atomic mass is 15.3. The summed E-state index contributed by atoms with van der Waals surface area (Å²) in [6.45, 7) is 9.12. The van der Waals surface area contributed by atoms with Crippen LogP contribution in [0.5, 0.6) is 0 Å². The smallest absolute Gasteiger partial charge is 0.0545 e. The Hall–Kier alpha value is -0.860. The molecule has 8 heavy (non-hydrogen) atoms. The first-order chi connectivity index (χ1) is 3.77. The molecule has 0 aliphatic carbocycles. The Morgan fingerprint density at radius 3 is 2.00 bits per heavy atom. The summed E-state index contributed by atoms with van der Waals surface area (Å²) in [6, 6.07) is 0. The zero-order valence-corrected chi connectivity index (χ0v) is 5.68. The fourth-order valence-corrected chi connectivity index (χ4v) is 0.0986. The van der Waals surface area contributed by atoms with Crippen molar-refractivity contribution in [2.75, 3.05) is 0 Å². The summed E-state index contributed by atoms with van der Waals surface area (Å²) in [6.07, 6.45) is 0. The lowest BCUT2D eigenvalue weighted by atomic mass is 10.6. The minimum Gasteiger partial charge on any atom is -0.305 e. The summed E-state index contributed by atoms with van der Waals surface area (Å²) in [5.74, 6) is 4.63. The number of hydrogen-bond acceptors (Lipinski definition) is 2. The zero-order valence-electron chi connectivity index (χ0n) is 5.68. The van der Waals surface area contributed by atoms with Crippen molar-refractivity contribution in [1.82, 2.24) is 0 Å². The second-order valence-corrected chi connectivity index (χ2v) is 0.951. The molecule has 0 radical (unpaired) electrons. The average Bonchev–Trinajstić information content (AvgIpc) is 1.72. The Bertz CT molecular complexity index is 80.3. The molecule has 0 aromatic carbocycles. The van der Waals surface area contributed by atoms with Crippen LogP contribution in [0.3, 0.4) is 0 Å². The number of nitrogens with zero attached hydrogens (tertiary/aromatic N) is 2. The first kappa shape index (κ1) is 10.2. The van der Waals surface area contributed by atoms with Gasteiger partial charge >= 0.3 is 0 Å². The van der Waals surface area contributed by atoms with Gasteiger partial charge in [0.15, 0.2) is 0 Å². The monoisotopic (exact) mass is 117 g/mol. The third-order valence-electron chi connectivity index (χ3n) is 0.228. The predicted molar refractivity (Wildman–Crippen MR) is 37.3 cm³/mol. The second-order valence-electron chi connectivity index (χ2n) is 0.951. The van der Waals surface area contributed by atoms with Gasteiger partial charge in [0, 0.05) is 1.43 Å². The molecule has 0 aliphatic heterocycles. The molecule has 50 valence electrons. The van der Waals surface area contributed by atoms with E-state index in [9.17, 15) is 0 Å². The molecule has 0 fully saturated rings. The van der Waals surface area contributed by atoms with Gasteiger partial charge < -0.3 is 5.84 Å². The van der Waals surface area contributed by atoms with Gasteiger partial charge in [-0.05, 0) is 6.92 Å². The molecule has 0 aromatic rings. The molecule has 0 rings (SSSR count). The molecule has 0 aromatic heterocycles. The average molecular weight is 117 g/mol. The lowest BCUT2D eigenvalue weighted by Crippen LogP contribution is -1.73.